The monoisotopic (exact) mass is 458 g/mol. The molecule has 2 aliphatic rings. The molecule has 1 aliphatic carbocycles. The second-order valence-electron chi connectivity index (χ2n) is 9.70. The molecule has 6 nitrogen and oxygen atoms in total. The number of amides is 1. The van der Waals surface area contributed by atoms with Gasteiger partial charge in [0.1, 0.15) is 0 Å². The highest BCUT2D eigenvalue weighted by molar-refractivity contribution is 5.79. The Morgan fingerprint density at radius 2 is 1.68 bits per heavy atom. The topological polar surface area (TPSA) is 71.3 Å². The molecular weight excluding hydrogens is 424 g/mol. The van der Waals surface area contributed by atoms with Gasteiger partial charge in [0, 0.05) is 18.4 Å². The molecule has 1 unspecified atom stereocenters. The summed E-state index contributed by atoms with van der Waals surface area (Å²) in [6.45, 7) is 3.00. The van der Waals surface area contributed by atoms with Crippen molar-refractivity contribution in [1.82, 2.24) is 20.4 Å². The van der Waals surface area contributed by atoms with E-state index in [9.17, 15) is 4.79 Å². The van der Waals surface area contributed by atoms with Gasteiger partial charge in [-0.15, -0.1) is 10.2 Å². The predicted molar refractivity (Wildman–Crippen MR) is 131 cm³/mol. The summed E-state index contributed by atoms with van der Waals surface area (Å²) in [4.78, 5) is 15.1. The number of hydrogen-bond acceptors (Lipinski definition) is 5. The molecule has 2 aromatic carbocycles. The molecule has 1 saturated carbocycles. The third kappa shape index (κ3) is 5.73. The molecule has 2 heterocycles. The van der Waals surface area contributed by atoms with Gasteiger partial charge in [0.05, 0.1) is 12.5 Å². The maximum absolute atomic E-state index is 12.6. The highest BCUT2D eigenvalue weighted by atomic mass is 16.4. The molecule has 3 aromatic rings. The van der Waals surface area contributed by atoms with E-state index in [0.717, 1.165) is 57.6 Å². The number of hydrogen-bond donors (Lipinski definition) is 1. The third-order valence-corrected chi connectivity index (χ3v) is 7.35. The first-order chi connectivity index (χ1) is 16.7. The molecular formula is C28H34N4O2. The standard InChI is InChI=1S/C28H34N4O2/c33-27(23-12-7-13-23)29-25(22-10-5-2-6-11-22)16-19-32-17-14-24(15-18-32)28-31-30-26(34-28)20-21-8-3-1-4-9-21/h1-6,8-11,23-25H,7,12-20H2,(H,29,33). The van der Waals surface area contributed by atoms with Gasteiger partial charge >= 0.3 is 0 Å². The van der Waals surface area contributed by atoms with Gasteiger partial charge in [0.25, 0.3) is 0 Å². The Kier molecular flexibility index (Phi) is 7.34. The third-order valence-electron chi connectivity index (χ3n) is 7.35. The number of nitrogens with zero attached hydrogens (tertiary/aromatic N) is 3. The van der Waals surface area contributed by atoms with E-state index in [1.165, 1.54) is 17.5 Å². The van der Waals surface area contributed by atoms with Gasteiger partial charge in [-0.05, 0) is 56.3 Å². The zero-order valence-electron chi connectivity index (χ0n) is 19.7. The van der Waals surface area contributed by atoms with Crippen molar-refractivity contribution in [3.8, 4) is 0 Å². The first-order valence-electron chi connectivity index (χ1n) is 12.7. The van der Waals surface area contributed by atoms with Gasteiger partial charge in [-0.2, -0.15) is 0 Å². The van der Waals surface area contributed by atoms with E-state index in [-0.39, 0.29) is 17.9 Å². The van der Waals surface area contributed by atoms with Crippen molar-refractivity contribution in [3.05, 3.63) is 83.6 Å². The molecule has 1 saturated heterocycles. The van der Waals surface area contributed by atoms with Gasteiger partial charge < -0.3 is 14.6 Å². The molecule has 5 rings (SSSR count). The van der Waals surface area contributed by atoms with Crippen LogP contribution in [0.5, 0.6) is 0 Å². The van der Waals surface area contributed by atoms with Crippen LogP contribution in [0.15, 0.2) is 65.1 Å². The van der Waals surface area contributed by atoms with Crippen molar-refractivity contribution in [1.29, 1.82) is 0 Å². The summed E-state index contributed by atoms with van der Waals surface area (Å²) >= 11 is 0. The largest absolute Gasteiger partial charge is 0.425 e. The van der Waals surface area contributed by atoms with Crippen LogP contribution < -0.4 is 5.32 Å². The van der Waals surface area contributed by atoms with Gasteiger partial charge in [-0.3, -0.25) is 4.79 Å². The minimum Gasteiger partial charge on any atom is -0.425 e. The summed E-state index contributed by atoms with van der Waals surface area (Å²) in [5.41, 5.74) is 2.38. The number of carbonyl (C=O) groups is 1. The minimum atomic E-state index is 0.0727. The minimum absolute atomic E-state index is 0.0727. The summed E-state index contributed by atoms with van der Waals surface area (Å²) in [5.74, 6) is 2.23. The molecule has 1 amide bonds. The van der Waals surface area contributed by atoms with Crippen molar-refractivity contribution >= 4 is 5.91 Å². The van der Waals surface area contributed by atoms with E-state index >= 15 is 0 Å². The summed E-state index contributed by atoms with van der Waals surface area (Å²) in [5, 5.41) is 12.0. The van der Waals surface area contributed by atoms with E-state index in [4.69, 9.17) is 4.42 Å². The van der Waals surface area contributed by atoms with E-state index in [1.807, 2.05) is 24.3 Å². The first-order valence-corrected chi connectivity index (χ1v) is 12.7. The number of aromatic nitrogens is 2. The zero-order valence-corrected chi connectivity index (χ0v) is 19.7. The maximum atomic E-state index is 12.6. The summed E-state index contributed by atoms with van der Waals surface area (Å²) in [6.07, 6.45) is 6.90. The SMILES string of the molecule is O=C(NC(CCN1CCC(c2nnc(Cc3ccccc3)o2)CC1)c1ccccc1)C1CCC1. The van der Waals surface area contributed by atoms with Crippen LogP contribution in [-0.4, -0.2) is 40.6 Å². The van der Waals surface area contributed by atoms with E-state index in [2.05, 4.69) is 56.8 Å². The molecule has 1 N–H and O–H groups in total. The van der Waals surface area contributed by atoms with Crippen LogP contribution in [0.25, 0.3) is 0 Å². The van der Waals surface area contributed by atoms with Crippen LogP contribution >= 0.6 is 0 Å². The lowest BCUT2D eigenvalue weighted by Gasteiger charge is -2.32. The summed E-state index contributed by atoms with van der Waals surface area (Å²) < 4.78 is 6.01. The van der Waals surface area contributed by atoms with Crippen molar-refractivity contribution < 1.29 is 9.21 Å². The lowest BCUT2D eigenvalue weighted by atomic mass is 9.84. The van der Waals surface area contributed by atoms with Gasteiger partial charge in [-0.1, -0.05) is 67.1 Å². The average Bonchev–Trinajstić information content (AvgIpc) is 3.30. The smallest absolute Gasteiger partial charge is 0.223 e. The normalized spacial score (nSPS) is 18.4. The molecule has 2 fully saturated rings. The Balaban J connectivity index is 1.12. The van der Waals surface area contributed by atoms with Crippen LogP contribution in [0.2, 0.25) is 0 Å². The van der Waals surface area contributed by atoms with E-state index < -0.39 is 0 Å². The lowest BCUT2D eigenvalue weighted by Crippen LogP contribution is -2.39. The van der Waals surface area contributed by atoms with E-state index in [1.54, 1.807) is 0 Å². The molecule has 0 spiro atoms. The summed E-state index contributed by atoms with van der Waals surface area (Å²) in [7, 11) is 0. The molecule has 178 valence electrons. The quantitative estimate of drug-likeness (QED) is 0.494. The molecule has 1 aromatic heterocycles. The van der Waals surface area contributed by atoms with Gasteiger partial charge in [0.2, 0.25) is 17.7 Å². The fraction of sp³-hybridized carbons (Fsp3) is 0.464. The second-order valence-corrected chi connectivity index (χ2v) is 9.70. The van der Waals surface area contributed by atoms with E-state index in [0.29, 0.717) is 18.2 Å². The van der Waals surface area contributed by atoms with Crippen LogP contribution in [0, 0.1) is 5.92 Å². The van der Waals surface area contributed by atoms with Crippen molar-refractivity contribution in [2.45, 2.75) is 56.9 Å². The number of nitrogens with one attached hydrogen (secondary N) is 1. The Morgan fingerprint density at radius 3 is 2.35 bits per heavy atom. The molecule has 34 heavy (non-hydrogen) atoms. The van der Waals surface area contributed by atoms with Gasteiger partial charge in [0.15, 0.2) is 0 Å². The van der Waals surface area contributed by atoms with Gasteiger partial charge in [-0.25, -0.2) is 0 Å². The number of carbonyl (C=O) groups excluding carboxylic acids is 1. The Morgan fingerprint density at radius 1 is 0.971 bits per heavy atom. The zero-order chi connectivity index (χ0) is 23.2. The number of benzene rings is 2. The predicted octanol–water partition coefficient (Wildman–Crippen LogP) is 4.89. The fourth-order valence-corrected chi connectivity index (χ4v) is 4.96. The van der Waals surface area contributed by atoms with Crippen LogP contribution in [0.4, 0.5) is 0 Å². The van der Waals surface area contributed by atoms with Crippen LogP contribution in [0.3, 0.4) is 0 Å². The number of rotatable bonds is 9. The molecule has 1 aliphatic heterocycles. The number of likely N-dealkylation sites (tertiary alicyclic amines) is 1. The molecule has 0 bridgehead atoms. The highest BCUT2D eigenvalue weighted by Gasteiger charge is 2.29. The Bertz CT molecular complexity index is 1040. The van der Waals surface area contributed by atoms with Crippen molar-refractivity contribution in [3.63, 3.8) is 0 Å². The molecule has 1 atom stereocenters. The lowest BCUT2D eigenvalue weighted by molar-refractivity contribution is -0.128. The average molecular weight is 459 g/mol. The van der Waals surface area contributed by atoms with Crippen molar-refractivity contribution in [2.24, 2.45) is 5.92 Å². The maximum Gasteiger partial charge on any atom is 0.223 e. The Labute approximate surface area is 201 Å². The number of piperidine rings is 1. The van der Waals surface area contributed by atoms with Crippen molar-refractivity contribution in [2.75, 3.05) is 19.6 Å². The molecule has 6 heteroatoms. The first kappa shape index (κ1) is 22.8. The second kappa shape index (κ2) is 11.0. The summed E-state index contributed by atoms with van der Waals surface area (Å²) in [6, 6.07) is 20.7. The fourth-order valence-electron chi connectivity index (χ4n) is 4.96. The van der Waals surface area contributed by atoms with Crippen LogP contribution in [0.1, 0.15) is 73.4 Å². The Hall–Kier alpha value is -2.99. The van der Waals surface area contributed by atoms with Crippen LogP contribution in [-0.2, 0) is 11.2 Å². The molecule has 0 radical (unpaired) electrons. The highest BCUT2D eigenvalue weighted by Crippen LogP contribution is 2.30.